The topological polar surface area (TPSA) is 69.5 Å². The summed E-state index contributed by atoms with van der Waals surface area (Å²) in [6.07, 6.45) is 1.23. The molecule has 2 aromatic carbocycles. The van der Waals surface area contributed by atoms with Crippen LogP contribution < -0.4 is 10.6 Å². The molecule has 0 saturated carbocycles. The van der Waals surface area contributed by atoms with Gasteiger partial charge in [0.15, 0.2) is 5.96 Å². The zero-order chi connectivity index (χ0) is 19.3. The molecule has 2 heterocycles. The van der Waals surface area contributed by atoms with Crippen LogP contribution in [0.3, 0.4) is 0 Å². The van der Waals surface area contributed by atoms with Gasteiger partial charge in [0.1, 0.15) is 6.10 Å². The Labute approximate surface area is 190 Å². The summed E-state index contributed by atoms with van der Waals surface area (Å²) in [6.45, 7) is 0.940. The number of hydrogen-bond acceptors (Lipinski definition) is 4. The Hall–Kier alpha value is -2.23. The van der Waals surface area contributed by atoms with Gasteiger partial charge < -0.3 is 15.7 Å². The van der Waals surface area contributed by atoms with Gasteiger partial charge in [0.25, 0.3) is 0 Å². The predicted molar refractivity (Wildman–Crippen MR) is 132 cm³/mol. The monoisotopic (exact) mass is 518 g/mol. The molecule has 1 unspecified atom stereocenters. The van der Waals surface area contributed by atoms with Crippen LogP contribution in [-0.4, -0.2) is 29.6 Å². The van der Waals surface area contributed by atoms with Crippen LogP contribution in [0.4, 0.5) is 0 Å². The van der Waals surface area contributed by atoms with Gasteiger partial charge in [-0.15, -0.1) is 35.3 Å². The van der Waals surface area contributed by atoms with Crippen LogP contribution in [0.15, 0.2) is 71.9 Å². The molecule has 4 aromatic rings. The third kappa shape index (κ3) is 5.04. The lowest BCUT2D eigenvalue weighted by Crippen LogP contribution is -2.39. The maximum Gasteiger partial charge on any atom is 0.191 e. The van der Waals surface area contributed by atoms with Crippen molar-refractivity contribution in [2.45, 2.75) is 12.6 Å². The summed E-state index contributed by atoms with van der Waals surface area (Å²) in [5.41, 5.74) is 0.964. The van der Waals surface area contributed by atoms with Crippen LogP contribution in [0.5, 0.6) is 0 Å². The van der Waals surface area contributed by atoms with E-state index in [2.05, 4.69) is 44.9 Å². The van der Waals surface area contributed by atoms with Crippen molar-refractivity contribution in [3.63, 3.8) is 0 Å². The van der Waals surface area contributed by atoms with Crippen molar-refractivity contribution in [1.82, 2.24) is 15.6 Å². The number of aliphatic imine (C=N–C) groups is 1. The minimum atomic E-state index is -0.591. The van der Waals surface area contributed by atoms with E-state index in [1.165, 1.54) is 4.70 Å². The van der Waals surface area contributed by atoms with Crippen molar-refractivity contribution in [1.29, 1.82) is 0 Å². The van der Waals surface area contributed by atoms with Gasteiger partial charge in [-0.05, 0) is 29.0 Å². The number of nitrogens with one attached hydrogen (secondary N) is 2. The highest BCUT2D eigenvalue weighted by atomic mass is 127. The van der Waals surface area contributed by atoms with Crippen LogP contribution in [0.25, 0.3) is 20.9 Å². The summed E-state index contributed by atoms with van der Waals surface area (Å²) < 4.78 is 1.18. The summed E-state index contributed by atoms with van der Waals surface area (Å²) >= 11 is 1.62. The first kappa shape index (κ1) is 21.5. The lowest BCUT2D eigenvalue weighted by atomic mass is 10.1. The molecular formula is C22H23IN4OS. The van der Waals surface area contributed by atoms with Gasteiger partial charge in [-0.25, -0.2) is 0 Å². The largest absolute Gasteiger partial charge is 0.386 e. The Morgan fingerprint density at radius 3 is 2.62 bits per heavy atom. The number of aliphatic hydroxyl groups excluding tert-OH is 1. The number of halogens is 1. The summed E-state index contributed by atoms with van der Waals surface area (Å²) in [5, 5.41) is 20.5. The van der Waals surface area contributed by atoms with Crippen molar-refractivity contribution >= 4 is 62.1 Å². The van der Waals surface area contributed by atoms with E-state index in [4.69, 9.17) is 0 Å². The number of aliphatic hydroxyl groups is 1. The molecule has 0 spiro atoms. The number of aromatic nitrogens is 1. The first-order valence-corrected chi connectivity index (χ1v) is 10.00. The minimum Gasteiger partial charge on any atom is -0.386 e. The van der Waals surface area contributed by atoms with Crippen LogP contribution in [0.1, 0.15) is 16.7 Å². The van der Waals surface area contributed by atoms with Crippen LogP contribution in [0, 0.1) is 0 Å². The third-order valence-electron chi connectivity index (χ3n) is 4.64. The van der Waals surface area contributed by atoms with E-state index in [-0.39, 0.29) is 24.0 Å². The number of guanidine groups is 1. The van der Waals surface area contributed by atoms with Crippen molar-refractivity contribution < 1.29 is 5.11 Å². The molecule has 150 valence electrons. The van der Waals surface area contributed by atoms with Crippen molar-refractivity contribution in [2.75, 3.05) is 13.6 Å². The molecule has 0 saturated heterocycles. The number of fused-ring (bicyclic) bond motifs is 2. The van der Waals surface area contributed by atoms with Gasteiger partial charge in [-0.2, -0.15) is 0 Å². The Bertz CT molecular complexity index is 1090. The Morgan fingerprint density at radius 1 is 1.07 bits per heavy atom. The fourth-order valence-electron chi connectivity index (χ4n) is 3.17. The molecule has 0 fully saturated rings. The summed E-state index contributed by atoms with van der Waals surface area (Å²) in [6, 6.07) is 20.4. The number of pyridine rings is 1. The number of thiophene rings is 1. The molecule has 0 aliphatic rings. The SMILES string of the molecule is CN=C(NCc1nccc2ccccc12)NCC(O)c1cc2ccccc2s1.I. The molecule has 0 aliphatic carbocycles. The number of hydrogen-bond donors (Lipinski definition) is 3. The Balaban J connectivity index is 0.00000240. The highest BCUT2D eigenvalue weighted by Crippen LogP contribution is 2.29. The van der Waals surface area contributed by atoms with Crippen molar-refractivity contribution in [3.8, 4) is 0 Å². The van der Waals surface area contributed by atoms with Crippen LogP contribution in [0.2, 0.25) is 0 Å². The average Bonchev–Trinajstić information content (AvgIpc) is 3.18. The highest BCUT2D eigenvalue weighted by Gasteiger charge is 2.12. The zero-order valence-electron chi connectivity index (χ0n) is 16.0. The molecule has 29 heavy (non-hydrogen) atoms. The van der Waals surface area contributed by atoms with Crippen LogP contribution in [-0.2, 0) is 6.54 Å². The Kier molecular flexibility index (Phi) is 7.40. The number of rotatable bonds is 5. The van der Waals surface area contributed by atoms with Crippen LogP contribution >= 0.6 is 35.3 Å². The molecule has 0 radical (unpaired) electrons. The number of benzene rings is 2. The maximum absolute atomic E-state index is 10.5. The van der Waals surface area contributed by atoms with E-state index in [1.54, 1.807) is 18.4 Å². The van der Waals surface area contributed by atoms with Gasteiger partial charge in [-0.1, -0.05) is 42.5 Å². The smallest absolute Gasteiger partial charge is 0.191 e. The van der Waals surface area contributed by atoms with E-state index in [0.717, 1.165) is 26.7 Å². The quantitative estimate of drug-likeness (QED) is 0.207. The van der Waals surface area contributed by atoms with E-state index >= 15 is 0 Å². The van der Waals surface area contributed by atoms with Gasteiger partial charge in [-0.3, -0.25) is 9.98 Å². The van der Waals surface area contributed by atoms with Gasteiger partial charge in [0.05, 0.1) is 12.2 Å². The molecule has 2 aromatic heterocycles. The van der Waals surface area contributed by atoms with Gasteiger partial charge in [0.2, 0.25) is 0 Å². The standard InChI is InChI=1S/C22H22N4OS.HI/c1-23-22(25-13-18-17-8-4-2-6-15(17)10-11-24-18)26-14-19(27)21-12-16-7-3-5-9-20(16)28-21;/h2-12,19,27H,13-14H2,1H3,(H2,23,25,26);1H. The van der Waals surface area contributed by atoms with Crippen molar-refractivity contribution in [3.05, 3.63) is 77.4 Å². The third-order valence-corrected chi connectivity index (χ3v) is 5.86. The molecule has 1 atom stereocenters. The fraction of sp³-hybridized carbons (Fsp3) is 0.182. The molecule has 0 amide bonds. The summed E-state index contributed by atoms with van der Waals surface area (Å²) in [7, 11) is 1.72. The second-order valence-electron chi connectivity index (χ2n) is 6.49. The molecule has 0 bridgehead atoms. The fourth-order valence-corrected chi connectivity index (χ4v) is 4.22. The highest BCUT2D eigenvalue weighted by molar-refractivity contribution is 14.0. The molecule has 0 aliphatic heterocycles. The number of nitrogens with zero attached hydrogens (tertiary/aromatic N) is 2. The lowest BCUT2D eigenvalue weighted by molar-refractivity contribution is 0.184. The lowest BCUT2D eigenvalue weighted by Gasteiger charge is -2.15. The Morgan fingerprint density at radius 2 is 1.83 bits per heavy atom. The van der Waals surface area contributed by atoms with E-state index in [1.807, 2.05) is 42.6 Å². The zero-order valence-corrected chi connectivity index (χ0v) is 19.1. The molecular weight excluding hydrogens is 495 g/mol. The molecule has 4 rings (SSSR count). The second-order valence-corrected chi connectivity index (χ2v) is 7.60. The van der Waals surface area contributed by atoms with Gasteiger partial charge in [0, 0.05) is 34.8 Å². The second kappa shape index (κ2) is 10.00. The van der Waals surface area contributed by atoms with E-state index in [9.17, 15) is 5.11 Å². The summed E-state index contributed by atoms with van der Waals surface area (Å²) in [4.78, 5) is 9.68. The summed E-state index contributed by atoms with van der Waals surface area (Å²) in [5.74, 6) is 0.634. The maximum atomic E-state index is 10.5. The van der Waals surface area contributed by atoms with Gasteiger partial charge >= 0.3 is 0 Å². The minimum absolute atomic E-state index is 0. The molecule has 5 nitrogen and oxygen atoms in total. The van der Waals surface area contributed by atoms with E-state index in [0.29, 0.717) is 19.0 Å². The van der Waals surface area contributed by atoms with E-state index < -0.39 is 6.10 Å². The molecule has 3 N–H and O–H groups in total. The molecule has 7 heteroatoms. The normalized spacial score (nSPS) is 12.6. The predicted octanol–water partition coefficient (Wildman–Crippen LogP) is 4.47. The first-order valence-electron chi connectivity index (χ1n) is 9.18. The first-order chi connectivity index (χ1) is 13.7. The van der Waals surface area contributed by atoms with Crippen molar-refractivity contribution in [2.24, 2.45) is 4.99 Å². The average molecular weight is 518 g/mol.